The van der Waals surface area contributed by atoms with Gasteiger partial charge in [-0.15, -0.1) is 0 Å². The van der Waals surface area contributed by atoms with Gasteiger partial charge in [-0.25, -0.2) is 0 Å². The van der Waals surface area contributed by atoms with Crippen LogP contribution in [0.2, 0.25) is 0 Å². The molecule has 0 radical (unpaired) electrons. The van der Waals surface area contributed by atoms with E-state index in [0.29, 0.717) is 17.6 Å². The van der Waals surface area contributed by atoms with E-state index in [9.17, 15) is 9.90 Å². The average Bonchev–Trinajstić information content (AvgIpc) is 2.48. The lowest BCUT2D eigenvalue weighted by atomic mass is 10.0. The molecule has 0 saturated heterocycles. The lowest BCUT2D eigenvalue weighted by Crippen LogP contribution is -2.02. The second-order valence-corrected chi connectivity index (χ2v) is 3.59. The molecule has 3 atom stereocenters. The number of hydrogen-bond acceptors (Lipinski definition) is 2. The van der Waals surface area contributed by atoms with Crippen molar-refractivity contribution in [1.82, 2.24) is 0 Å². The number of fused-ring (bicyclic) bond motifs is 1. The van der Waals surface area contributed by atoms with Gasteiger partial charge in [0.1, 0.15) is 5.78 Å². The van der Waals surface area contributed by atoms with Crippen LogP contribution in [0.3, 0.4) is 0 Å². The minimum atomic E-state index is -0.108. The fourth-order valence-electron chi connectivity index (χ4n) is 2.35. The number of Topliss-reactive ketones (excluding diaryl/α,β-unsaturated/α-hetero) is 1. The highest BCUT2D eigenvalue weighted by molar-refractivity contribution is 5.81. The summed E-state index contributed by atoms with van der Waals surface area (Å²) in [6.07, 6.45) is 3.11. The van der Waals surface area contributed by atoms with Crippen LogP contribution in [0.15, 0.2) is 0 Å². The van der Waals surface area contributed by atoms with Crippen molar-refractivity contribution in [3.8, 4) is 0 Å². The van der Waals surface area contributed by atoms with Crippen LogP contribution in [0.4, 0.5) is 0 Å². The summed E-state index contributed by atoms with van der Waals surface area (Å²) in [5.41, 5.74) is 0. The second kappa shape index (κ2) is 4.04. The van der Waals surface area contributed by atoms with Crippen LogP contribution in [0.5, 0.6) is 0 Å². The highest BCUT2D eigenvalue weighted by atomic mass is 16.3. The lowest BCUT2D eigenvalue weighted by Gasteiger charge is -2.02. The number of rotatable bonds is 0. The molecule has 2 nitrogen and oxygen atoms in total. The molecule has 0 aromatic heterocycles. The van der Waals surface area contributed by atoms with Crippen molar-refractivity contribution in [3.05, 3.63) is 0 Å². The molecule has 1 N–H and O–H groups in total. The first-order valence-electron chi connectivity index (χ1n) is 4.95. The van der Waals surface area contributed by atoms with Gasteiger partial charge >= 0.3 is 0 Å². The maximum absolute atomic E-state index is 10.9. The zero-order valence-electron chi connectivity index (χ0n) is 7.92. The number of carbonyl (C=O) groups is 1. The third-order valence-corrected chi connectivity index (χ3v) is 2.80. The molecule has 2 rings (SSSR count). The maximum atomic E-state index is 10.9. The summed E-state index contributed by atoms with van der Waals surface area (Å²) in [6, 6.07) is 0. The number of hydrogen-bond donors (Lipinski definition) is 1. The van der Waals surface area contributed by atoms with Gasteiger partial charge in [-0.3, -0.25) is 4.79 Å². The average molecular weight is 170 g/mol. The van der Waals surface area contributed by atoms with Gasteiger partial charge in [0.2, 0.25) is 0 Å². The van der Waals surface area contributed by atoms with E-state index in [1.807, 2.05) is 13.8 Å². The molecule has 0 bridgehead atoms. The molecule has 2 heteroatoms. The van der Waals surface area contributed by atoms with Crippen molar-refractivity contribution in [2.24, 2.45) is 11.8 Å². The molecule has 70 valence electrons. The molecule has 0 amide bonds. The summed E-state index contributed by atoms with van der Waals surface area (Å²) >= 11 is 0. The Morgan fingerprint density at radius 3 is 2.00 bits per heavy atom. The summed E-state index contributed by atoms with van der Waals surface area (Å²) in [4.78, 5) is 10.9. The molecule has 0 aromatic rings. The van der Waals surface area contributed by atoms with E-state index < -0.39 is 0 Å². The Labute approximate surface area is 74.0 Å². The Kier molecular flexibility index (Phi) is 3.27. The molecule has 0 heterocycles. The van der Waals surface area contributed by atoms with Crippen molar-refractivity contribution in [1.29, 1.82) is 0 Å². The number of aliphatic hydroxyl groups excluding tert-OH is 1. The standard InChI is InChI=1S/C8H12O2.C2H6/c9-7-1-5-2-8(10)4-6(5)3-7;1-2/h5-7,9H,1-4H2;1-2H3/t5-,6+,7?;. The van der Waals surface area contributed by atoms with Gasteiger partial charge in [-0.2, -0.15) is 0 Å². The summed E-state index contributed by atoms with van der Waals surface area (Å²) in [5, 5.41) is 9.21. The van der Waals surface area contributed by atoms with Gasteiger partial charge in [0.15, 0.2) is 0 Å². The molecule has 2 aliphatic carbocycles. The molecule has 2 saturated carbocycles. The van der Waals surface area contributed by atoms with Crippen molar-refractivity contribution in [3.63, 3.8) is 0 Å². The molecule has 12 heavy (non-hydrogen) atoms. The first-order valence-corrected chi connectivity index (χ1v) is 4.95. The Bertz CT molecular complexity index is 149. The molecule has 0 aromatic carbocycles. The van der Waals surface area contributed by atoms with Crippen LogP contribution in [0, 0.1) is 11.8 Å². The summed E-state index contributed by atoms with van der Waals surface area (Å²) in [5.74, 6) is 1.46. The van der Waals surface area contributed by atoms with E-state index in [2.05, 4.69) is 0 Å². The van der Waals surface area contributed by atoms with E-state index in [1.165, 1.54) is 0 Å². The topological polar surface area (TPSA) is 37.3 Å². The van der Waals surface area contributed by atoms with Crippen LogP contribution >= 0.6 is 0 Å². The zero-order valence-corrected chi connectivity index (χ0v) is 7.92. The van der Waals surface area contributed by atoms with Gasteiger partial charge < -0.3 is 5.11 Å². The largest absolute Gasteiger partial charge is 0.393 e. The SMILES string of the molecule is CC.O=C1C[C@@H]2CC(O)C[C@@H]2C1. The van der Waals surface area contributed by atoms with E-state index in [0.717, 1.165) is 25.7 Å². The van der Waals surface area contributed by atoms with Crippen LogP contribution < -0.4 is 0 Å². The Balaban J connectivity index is 0.000000336. The smallest absolute Gasteiger partial charge is 0.133 e. The fraction of sp³-hybridized carbons (Fsp3) is 0.900. The van der Waals surface area contributed by atoms with Gasteiger partial charge in [0.25, 0.3) is 0 Å². The van der Waals surface area contributed by atoms with Crippen molar-refractivity contribution >= 4 is 5.78 Å². The van der Waals surface area contributed by atoms with Gasteiger partial charge in [0.05, 0.1) is 6.10 Å². The number of ketones is 1. The zero-order chi connectivity index (χ0) is 9.14. The minimum Gasteiger partial charge on any atom is -0.393 e. The molecule has 2 aliphatic rings. The molecule has 1 unspecified atom stereocenters. The third-order valence-electron chi connectivity index (χ3n) is 2.80. The lowest BCUT2D eigenvalue weighted by molar-refractivity contribution is -0.118. The molecule has 0 aliphatic heterocycles. The van der Waals surface area contributed by atoms with E-state index >= 15 is 0 Å². The first-order chi connectivity index (χ1) is 5.75. The monoisotopic (exact) mass is 170 g/mol. The summed E-state index contributed by atoms with van der Waals surface area (Å²) in [6.45, 7) is 4.00. The summed E-state index contributed by atoms with van der Waals surface area (Å²) < 4.78 is 0. The van der Waals surface area contributed by atoms with Crippen LogP contribution in [-0.4, -0.2) is 17.0 Å². The predicted octanol–water partition coefficient (Wildman–Crippen LogP) is 1.76. The van der Waals surface area contributed by atoms with E-state index in [-0.39, 0.29) is 6.10 Å². The Hall–Kier alpha value is -0.370. The normalized spacial score (nSPS) is 38.9. The van der Waals surface area contributed by atoms with E-state index in [1.54, 1.807) is 0 Å². The quantitative estimate of drug-likeness (QED) is 0.601. The van der Waals surface area contributed by atoms with Crippen LogP contribution in [-0.2, 0) is 4.79 Å². The molecular weight excluding hydrogens is 152 g/mol. The second-order valence-electron chi connectivity index (χ2n) is 3.59. The Morgan fingerprint density at radius 1 is 1.17 bits per heavy atom. The van der Waals surface area contributed by atoms with Gasteiger partial charge in [-0.1, -0.05) is 13.8 Å². The van der Waals surface area contributed by atoms with Crippen molar-refractivity contribution in [2.45, 2.75) is 45.6 Å². The van der Waals surface area contributed by atoms with Crippen molar-refractivity contribution < 1.29 is 9.90 Å². The number of carbonyl (C=O) groups excluding carboxylic acids is 1. The summed E-state index contributed by atoms with van der Waals surface area (Å²) in [7, 11) is 0. The third kappa shape index (κ3) is 1.86. The maximum Gasteiger partial charge on any atom is 0.133 e. The van der Waals surface area contributed by atoms with Crippen LogP contribution in [0.1, 0.15) is 39.5 Å². The molecule has 2 fully saturated rings. The fourth-order valence-corrected chi connectivity index (χ4v) is 2.35. The number of aliphatic hydroxyl groups is 1. The minimum absolute atomic E-state index is 0.108. The highest BCUT2D eigenvalue weighted by Gasteiger charge is 2.40. The van der Waals surface area contributed by atoms with Gasteiger partial charge in [-0.05, 0) is 24.7 Å². The van der Waals surface area contributed by atoms with Crippen LogP contribution in [0.25, 0.3) is 0 Å². The predicted molar refractivity (Wildman–Crippen MR) is 47.8 cm³/mol. The molecule has 0 spiro atoms. The van der Waals surface area contributed by atoms with Crippen molar-refractivity contribution in [2.75, 3.05) is 0 Å². The first kappa shape index (κ1) is 9.72. The highest BCUT2D eigenvalue weighted by Crippen LogP contribution is 2.42. The Morgan fingerprint density at radius 2 is 1.58 bits per heavy atom. The molecular formula is C10H18O2. The van der Waals surface area contributed by atoms with Gasteiger partial charge in [0, 0.05) is 12.8 Å². The van der Waals surface area contributed by atoms with E-state index in [4.69, 9.17) is 0 Å².